The topological polar surface area (TPSA) is 90.9 Å². The summed E-state index contributed by atoms with van der Waals surface area (Å²) in [5.41, 5.74) is 0.461. The molecule has 0 aliphatic heterocycles. The fourth-order valence-electron chi connectivity index (χ4n) is 1.83. The number of hydrogen-bond donors (Lipinski definition) is 1. The molecule has 0 heterocycles. The lowest BCUT2D eigenvalue weighted by atomic mass is 10.2. The third-order valence-corrected chi connectivity index (χ3v) is 4.48. The van der Waals surface area contributed by atoms with Crippen LogP contribution < -0.4 is 14.2 Å². The number of hydrogen-bond acceptors (Lipinski definition) is 6. The van der Waals surface area contributed by atoms with Crippen LogP contribution in [0.25, 0.3) is 6.08 Å². The number of carbonyl (C=O) groups excluding carboxylic acids is 1. The lowest BCUT2D eigenvalue weighted by Crippen LogP contribution is -2.28. The van der Waals surface area contributed by atoms with E-state index in [1.165, 1.54) is 39.5 Å². The fraction of sp³-hybridized carbons (Fsp3) is 0.438. The molecule has 1 aromatic carbocycles. The summed E-state index contributed by atoms with van der Waals surface area (Å²) >= 11 is 0. The summed E-state index contributed by atoms with van der Waals surface area (Å²) in [5.74, 6) is -0.0550. The number of ether oxygens (including phenoxy) is 3. The Bertz CT molecular complexity index is 710. The van der Waals surface area contributed by atoms with Gasteiger partial charge < -0.3 is 14.2 Å². The molecule has 0 bridgehead atoms. The number of carbonyl (C=O) groups is 1. The minimum absolute atomic E-state index is 0.0606. The van der Waals surface area contributed by atoms with Gasteiger partial charge in [0.05, 0.1) is 21.3 Å². The molecule has 0 atom stereocenters. The molecule has 0 aliphatic rings. The van der Waals surface area contributed by atoms with E-state index in [0.29, 0.717) is 5.56 Å². The fourth-order valence-corrected chi connectivity index (χ4v) is 3.26. The van der Waals surface area contributed by atoms with Crippen molar-refractivity contribution in [3.05, 3.63) is 23.8 Å². The highest BCUT2D eigenvalue weighted by molar-refractivity contribution is 7.89. The lowest BCUT2D eigenvalue weighted by Gasteiger charge is -2.15. The first kappa shape index (κ1) is 20.0. The molecule has 0 amide bonds. The van der Waals surface area contributed by atoms with Crippen molar-refractivity contribution in [3.8, 4) is 11.5 Å². The molecule has 134 valence electrons. The number of rotatable bonds is 8. The molecule has 0 aromatic heterocycles. The molecule has 1 N–H and O–H groups in total. The van der Waals surface area contributed by atoms with Crippen LogP contribution in [-0.2, 0) is 19.6 Å². The van der Waals surface area contributed by atoms with Crippen molar-refractivity contribution in [2.24, 2.45) is 5.92 Å². The molecule has 0 saturated heterocycles. The van der Waals surface area contributed by atoms with Crippen LogP contribution in [0.5, 0.6) is 11.5 Å². The van der Waals surface area contributed by atoms with E-state index >= 15 is 0 Å². The Balaban J connectivity index is 3.40. The van der Waals surface area contributed by atoms with Crippen LogP contribution in [0.1, 0.15) is 19.4 Å². The summed E-state index contributed by atoms with van der Waals surface area (Å²) in [4.78, 5) is 11.2. The Morgan fingerprint density at radius 3 is 2.38 bits per heavy atom. The molecule has 0 aliphatic carbocycles. The maximum atomic E-state index is 12.6. The predicted molar refractivity (Wildman–Crippen MR) is 90.6 cm³/mol. The lowest BCUT2D eigenvalue weighted by molar-refractivity contribution is -0.134. The number of nitrogens with one attached hydrogen (secondary N) is 1. The quantitative estimate of drug-likeness (QED) is 0.564. The van der Waals surface area contributed by atoms with Crippen LogP contribution in [0.2, 0.25) is 0 Å². The highest BCUT2D eigenvalue weighted by atomic mass is 32.2. The van der Waals surface area contributed by atoms with Gasteiger partial charge in [0.1, 0.15) is 4.90 Å². The minimum atomic E-state index is -3.80. The van der Waals surface area contributed by atoms with Gasteiger partial charge >= 0.3 is 5.97 Å². The molecule has 24 heavy (non-hydrogen) atoms. The molecule has 8 heteroatoms. The minimum Gasteiger partial charge on any atom is -0.493 e. The molecule has 1 aromatic rings. The average Bonchev–Trinajstić information content (AvgIpc) is 2.56. The van der Waals surface area contributed by atoms with Gasteiger partial charge in [0.2, 0.25) is 10.0 Å². The molecule has 1 rings (SSSR count). The van der Waals surface area contributed by atoms with E-state index < -0.39 is 16.0 Å². The summed E-state index contributed by atoms with van der Waals surface area (Å²) in [6.07, 6.45) is 2.63. The number of benzene rings is 1. The summed E-state index contributed by atoms with van der Waals surface area (Å²) in [5, 5.41) is 0. The largest absolute Gasteiger partial charge is 0.493 e. The number of sulfonamides is 1. The Labute approximate surface area is 142 Å². The van der Waals surface area contributed by atoms with Gasteiger partial charge in [-0.1, -0.05) is 13.8 Å². The van der Waals surface area contributed by atoms with Crippen molar-refractivity contribution >= 4 is 22.1 Å². The van der Waals surface area contributed by atoms with Crippen molar-refractivity contribution in [3.63, 3.8) is 0 Å². The van der Waals surface area contributed by atoms with E-state index in [2.05, 4.69) is 9.46 Å². The first-order valence-electron chi connectivity index (χ1n) is 7.26. The Morgan fingerprint density at radius 1 is 1.21 bits per heavy atom. The van der Waals surface area contributed by atoms with Crippen LogP contribution in [0.15, 0.2) is 23.1 Å². The van der Waals surface area contributed by atoms with Gasteiger partial charge in [-0.25, -0.2) is 17.9 Å². The summed E-state index contributed by atoms with van der Waals surface area (Å²) in [7, 11) is 0.225. The average molecular weight is 357 g/mol. The SMILES string of the molecule is COC(=O)/C=C/c1cc(OC)c(OC)c(S(=O)(=O)NCC(C)C)c1. The van der Waals surface area contributed by atoms with Crippen molar-refractivity contribution in [2.45, 2.75) is 18.7 Å². The highest BCUT2D eigenvalue weighted by Gasteiger charge is 2.23. The third-order valence-electron chi connectivity index (χ3n) is 3.05. The van der Waals surface area contributed by atoms with Gasteiger partial charge in [0, 0.05) is 12.6 Å². The van der Waals surface area contributed by atoms with Gasteiger partial charge in [0.25, 0.3) is 0 Å². The van der Waals surface area contributed by atoms with Crippen LogP contribution in [0, 0.1) is 5.92 Å². The van der Waals surface area contributed by atoms with E-state index in [9.17, 15) is 13.2 Å². The molecule has 0 unspecified atom stereocenters. The van der Waals surface area contributed by atoms with Crippen molar-refractivity contribution in [2.75, 3.05) is 27.9 Å². The monoisotopic (exact) mass is 357 g/mol. The zero-order chi connectivity index (χ0) is 18.3. The highest BCUT2D eigenvalue weighted by Crippen LogP contribution is 2.36. The summed E-state index contributed by atoms with van der Waals surface area (Å²) in [6.45, 7) is 4.09. The molecule has 0 radical (unpaired) electrons. The maximum absolute atomic E-state index is 12.6. The van der Waals surface area contributed by atoms with E-state index in [1.54, 1.807) is 6.07 Å². The van der Waals surface area contributed by atoms with Gasteiger partial charge in [-0.2, -0.15) is 0 Å². The second-order valence-corrected chi connectivity index (χ2v) is 7.09. The maximum Gasteiger partial charge on any atom is 0.330 e. The zero-order valence-corrected chi connectivity index (χ0v) is 15.3. The Hall–Kier alpha value is -2.06. The first-order valence-corrected chi connectivity index (χ1v) is 8.75. The van der Waals surface area contributed by atoms with Crippen molar-refractivity contribution < 1.29 is 27.4 Å². The molecular formula is C16H23NO6S. The van der Waals surface area contributed by atoms with E-state index in [-0.39, 0.29) is 28.9 Å². The Kier molecular flexibility index (Phi) is 7.24. The molecule has 0 spiro atoms. The summed E-state index contributed by atoms with van der Waals surface area (Å²) in [6, 6.07) is 2.98. The van der Waals surface area contributed by atoms with Crippen LogP contribution >= 0.6 is 0 Å². The van der Waals surface area contributed by atoms with E-state index in [0.717, 1.165) is 0 Å². The number of esters is 1. The first-order chi connectivity index (χ1) is 11.2. The second kappa shape index (κ2) is 8.70. The molecule has 7 nitrogen and oxygen atoms in total. The van der Waals surface area contributed by atoms with Crippen molar-refractivity contribution in [1.29, 1.82) is 0 Å². The van der Waals surface area contributed by atoms with E-state index in [1.807, 2.05) is 13.8 Å². The third kappa shape index (κ3) is 5.24. The van der Waals surface area contributed by atoms with Crippen LogP contribution in [-0.4, -0.2) is 42.3 Å². The van der Waals surface area contributed by atoms with Crippen LogP contribution in [0.4, 0.5) is 0 Å². The van der Waals surface area contributed by atoms with Gasteiger partial charge in [0.15, 0.2) is 11.5 Å². The normalized spacial score (nSPS) is 11.8. The Morgan fingerprint density at radius 2 is 1.88 bits per heavy atom. The van der Waals surface area contributed by atoms with Gasteiger partial charge in [-0.3, -0.25) is 0 Å². The van der Waals surface area contributed by atoms with Crippen LogP contribution in [0.3, 0.4) is 0 Å². The standard InChI is InChI=1S/C16H23NO6S/c1-11(2)10-17-24(19,20)14-9-12(6-7-15(18)22-4)8-13(21-3)16(14)23-5/h6-9,11,17H,10H2,1-5H3/b7-6+. The van der Waals surface area contributed by atoms with Gasteiger partial charge in [-0.15, -0.1) is 0 Å². The summed E-state index contributed by atoms with van der Waals surface area (Å²) < 4.78 is 42.6. The number of methoxy groups -OCH3 is 3. The van der Waals surface area contributed by atoms with E-state index in [4.69, 9.17) is 9.47 Å². The van der Waals surface area contributed by atoms with Crippen molar-refractivity contribution in [1.82, 2.24) is 4.72 Å². The molecule has 0 fully saturated rings. The second-order valence-electron chi connectivity index (χ2n) is 5.36. The molecule has 0 saturated carbocycles. The molecular weight excluding hydrogens is 334 g/mol. The van der Waals surface area contributed by atoms with Gasteiger partial charge in [-0.05, 0) is 29.7 Å². The predicted octanol–water partition coefficient (Wildman–Crippen LogP) is 1.82. The zero-order valence-electron chi connectivity index (χ0n) is 14.5. The smallest absolute Gasteiger partial charge is 0.330 e.